The lowest BCUT2D eigenvalue weighted by Crippen LogP contribution is -2.27. The number of ether oxygens (including phenoxy) is 2. The minimum absolute atomic E-state index is 0.106. The minimum Gasteiger partial charge on any atom is -0.490 e. The van der Waals surface area contributed by atoms with Crippen molar-refractivity contribution >= 4 is 67.8 Å². The zero-order valence-corrected chi connectivity index (χ0v) is 21.9. The number of thiocarbonyl (C=S) groups is 1. The average Bonchev–Trinajstić information content (AvgIpc) is 3.05. The number of hydrogen-bond donors (Lipinski definition) is 1. The van der Waals surface area contributed by atoms with Crippen molar-refractivity contribution in [2.24, 2.45) is 0 Å². The fourth-order valence-corrected chi connectivity index (χ4v) is 5.12. The highest BCUT2D eigenvalue weighted by Gasteiger charge is 2.30. The molecule has 3 rings (SSSR count). The van der Waals surface area contributed by atoms with Crippen molar-refractivity contribution in [3.8, 4) is 11.5 Å². The van der Waals surface area contributed by atoms with Crippen LogP contribution in [0.4, 0.5) is 5.69 Å². The van der Waals surface area contributed by atoms with E-state index in [0.29, 0.717) is 44.0 Å². The lowest BCUT2D eigenvalue weighted by Gasteiger charge is -2.15. The van der Waals surface area contributed by atoms with Gasteiger partial charge in [0.1, 0.15) is 4.32 Å². The number of aryl methyl sites for hydroxylation is 1. The Labute approximate surface area is 211 Å². The third-order valence-electron chi connectivity index (χ3n) is 4.81. The zero-order chi connectivity index (χ0) is 24.0. The van der Waals surface area contributed by atoms with E-state index < -0.39 is 0 Å². The zero-order valence-electron chi connectivity index (χ0n) is 18.6. The van der Waals surface area contributed by atoms with Gasteiger partial charge in [-0.05, 0) is 77.7 Å². The summed E-state index contributed by atoms with van der Waals surface area (Å²) < 4.78 is 12.7. The molecule has 0 bridgehead atoms. The smallest absolute Gasteiger partial charge is 0.266 e. The Morgan fingerprint density at radius 1 is 1.18 bits per heavy atom. The molecule has 0 atom stereocenters. The molecule has 174 valence electrons. The number of carbonyl (C=O) groups excluding carboxylic acids is 2. The Hall–Kier alpha value is -2.36. The maximum absolute atomic E-state index is 12.5. The second-order valence-corrected chi connectivity index (χ2v) is 9.61. The molecule has 9 heteroatoms. The highest BCUT2D eigenvalue weighted by Crippen LogP contribution is 2.39. The standard InChI is InChI=1S/C24H25BrN2O4S2/c1-4-15-7-9-17(10-8-15)26-21(28)14-31-22-18(25)11-16(12-19(22)30-6-3)13-20-23(29)27(5-2)24(32)33-20/h7-13H,4-6,14H2,1-3H3,(H,26,28)/b20-13-. The third-order valence-corrected chi connectivity index (χ3v) is 6.78. The van der Waals surface area contributed by atoms with Crippen LogP contribution >= 0.6 is 39.9 Å². The van der Waals surface area contributed by atoms with Crippen LogP contribution in [0.15, 0.2) is 45.8 Å². The number of hydrogen-bond acceptors (Lipinski definition) is 6. The van der Waals surface area contributed by atoms with E-state index in [9.17, 15) is 9.59 Å². The Balaban J connectivity index is 1.74. The number of thioether (sulfide) groups is 1. The summed E-state index contributed by atoms with van der Waals surface area (Å²) >= 11 is 10.1. The normalized spacial score (nSPS) is 14.7. The van der Waals surface area contributed by atoms with E-state index in [1.54, 1.807) is 17.0 Å². The highest BCUT2D eigenvalue weighted by molar-refractivity contribution is 9.10. The Morgan fingerprint density at radius 2 is 1.91 bits per heavy atom. The van der Waals surface area contributed by atoms with Crippen LogP contribution < -0.4 is 14.8 Å². The van der Waals surface area contributed by atoms with Gasteiger partial charge in [-0.2, -0.15) is 0 Å². The number of benzene rings is 2. The van der Waals surface area contributed by atoms with Gasteiger partial charge in [-0.15, -0.1) is 0 Å². The molecular formula is C24H25BrN2O4S2. The summed E-state index contributed by atoms with van der Waals surface area (Å²) in [7, 11) is 0. The van der Waals surface area contributed by atoms with E-state index in [2.05, 4.69) is 28.2 Å². The van der Waals surface area contributed by atoms with Crippen molar-refractivity contribution in [2.75, 3.05) is 25.1 Å². The van der Waals surface area contributed by atoms with Gasteiger partial charge < -0.3 is 14.8 Å². The Bertz CT molecular complexity index is 1090. The van der Waals surface area contributed by atoms with Gasteiger partial charge >= 0.3 is 0 Å². The van der Waals surface area contributed by atoms with Crippen LogP contribution in [0.1, 0.15) is 31.9 Å². The van der Waals surface area contributed by atoms with Crippen molar-refractivity contribution in [1.29, 1.82) is 0 Å². The molecule has 1 N–H and O–H groups in total. The van der Waals surface area contributed by atoms with Crippen LogP contribution in [-0.2, 0) is 16.0 Å². The molecule has 0 spiro atoms. The van der Waals surface area contributed by atoms with Crippen LogP contribution in [-0.4, -0.2) is 40.8 Å². The van der Waals surface area contributed by atoms with Gasteiger partial charge in [-0.1, -0.05) is 43.0 Å². The molecule has 0 aromatic heterocycles. The molecule has 1 fully saturated rings. The largest absolute Gasteiger partial charge is 0.490 e. The number of likely N-dealkylation sites (N-methyl/N-ethyl adjacent to an activating group) is 1. The number of rotatable bonds is 9. The first-order chi connectivity index (χ1) is 15.9. The van der Waals surface area contributed by atoms with Gasteiger partial charge in [0, 0.05) is 12.2 Å². The summed E-state index contributed by atoms with van der Waals surface area (Å²) in [5.74, 6) is 0.516. The second kappa shape index (κ2) is 11.7. The first-order valence-electron chi connectivity index (χ1n) is 10.6. The van der Waals surface area contributed by atoms with Crippen molar-refractivity contribution < 1.29 is 19.1 Å². The number of nitrogens with zero attached hydrogens (tertiary/aromatic N) is 1. The van der Waals surface area contributed by atoms with Gasteiger partial charge in [0.2, 0.25) is 0 Å². The van der Waals surface area contributed by atoms with Crippen molar-refractivity contribution in [3.05, 3.63) is 56.9 Å². The SMILES string of the molecule is CCOc1cc(/C=C2\SC(=S)N(CC)C2=O)cc(Br)c1OCC(=O)Nc1ccc(CC)cc1. The first kappa shape index (κ1) is 25.3. The van der Waals surface area contributed by atoms with E-state index in [1.807, 2.05) is 44.2 Å². The quantitative estimate of drug-likeness (QED) is 0.322. The van der Waals surface area contributed by atoms with Gasteiger partial charge in [-0.3, -0.25) is 14.5 Å². The molecule has 1 aliphatic rings. The van der Waals surface area contributed by atoms with Gasteiger partial charge in [0.15, 0.2) is 18.1 Å². The number of halogens is 1. The summed E-state index contributed by atoms with van der Waals surface area (Å²) in [6.07, 6.45) is 2.72. The van der Waals surface area contributed by atoms with Crippen LogP contribution in [0, 0.1) is 0 Å². The van der Waals surface area contributed by atoms with Gasteiger partial charge in [0.05, 0.1) is 16.0 Å². The average molecular weight is 550 g/mol. The van der Waals surface area contributed by atoms with Crippen LogP contribution in [0.5, 0.6) is 11.5 Å². The number of anilines is 1. The summed E-state index contributed by atoms with van der Waals surface area (Å²) in [5.41, 5.74) is 2.67. The van der Waals surface area contributed by atoms with E-state index in [0.717, 1.165) is 12.0 Å². The lowest BCUT2D eigenvalue weighted by molar-refractivity contribution is -0.122. The van der Waals surface area contributed by atoms with Crippen molar-refractivity contribution in [2.45, 2.75) is 27.2 Å². The summed E-state index contributed by atoms with van der Waals surface area (Å²) in [4.78, 5) is 27.0. The van der Waals surface area contributed by atoms with Crippen LogP contribution in [0.25, 0.3) is 6.08 Å². The molecule has 2 aromatic carbocycles. The molecule has 2 aromatic rings. The van der Waals surface area contributed by atoms with Crippen molar-refractivity contribution in [3.63, 3.8) is 0 Å². The molecular weight excluding hydrogens is 524 g/mol. The summed E-state index contributed by atoms with van der Waals surface area (Å²) in [5, 5.41) is 2.83. The molecule has 33 heavy (non-hydrogen) atoms. The molecule has 0 radical (unpaired) electrons. The van der Waals surface area contributed by atoms with E-state index in [-0.39, 0.29) is 18.4 Å². The predicted octanol–water partition coefficient (Wildman–Crippen LogP) is 5.65. The molecule has 1 saturated heterocycles. The van der Waals surface area contributed by atoms with Crippen molar-refractivity contribution in [1.82, 2.24) is 4.90 Å². The van der Waals surface area contributed by atoms with E-state index in [4.69, 9.17) is 21.7 Å². The molecule has 2 amide bonds. The molecule has 1 aliphatic heterocycles. The predicted molar refractivity (Wildman–Crippen MR) is 141 cm³/mol. The topological polar surface area (TPSA) is 67.9 Å². The fourth-order valence-electron chi connectivity index (χ4n) is 3.16. The third kappa shape index (κ3) is 6.37. The Kier molecular flexibility index (Phi) is 8.94. The van der Waals surface area contributed by atoms with E-state index in [1.165, 1.54) is 17.3 Å². The number of carbonyl (C=O) groups is 2. The maximum atomic E-state index is 12.5. The van der Waals surface area contributed by atoms with Gasteiger partial charge in [-0.25, -0.2) is 0 Å². The Morgan fingerprint density at radius 3 is 2.52 bits per heavy atom. The number of nitrogens with one attached hydrogen (secondary N) is 1. The molecule has 0 unspecified atom stereocenters. The highest BCUT2D eigenvalue weighted by atomic mass is 79.9. The van der Waals surface area contributed by atoms with E-state index >= 15 is 0 Å². The minimum atomic E-state index is -0.277. The molecule has 6 nitrogen and oxygen atoms in total. The first-order valence-corrected chi connectivity index (χ1v) is 12.6. The molecule has 0 aliphatic carbocycles. The maximum Gasteiger partial charge on any atom is 0.266 e. The molecule has 0 saturated carbocycles. The summed E-state index contributed by atoms with van der Waals surface area (Å²) in [6, 6.07) is 11.3. The monoisotopic (exact) mass is 548 g/mol. The van der Waals surface area contributed by atoms with Crippen LogP contribution in [0.2, 0.25) is 0 Å². The molecule has 1 heterocycles. The lowest BCUT2D eigenvalue weighted by atomic mass is 10.1. The second-order valence-electron chi connectivity index (χ2n) is 7.08. The fraction of sp³-hybridized carbons (Fsp3) is 0.292. The summed E-state index contributed by atoms with van der Waals surface area (Å²) in [6.45, 7) is 6.61. The van der Waals surface area contributed by atoms with Gasteiger partial charge in [0.25, 0.3) is 11.8 Å². The van der Waals surface area contributed by atoms with Crippen LogP contribution in [0.3, 0.4) is 0 Å². The number of amides is 2.